The monoisotopic (exact) mass is 296 g/mol. The van der Waals surface area contributed by atoms with Gasteiger partial charge >= 0.3 is 0 Å². The van der Waals surface area contributed by atoms with Crippen molar-refractivity contribution in [3.05, 3.63) is 64.7 Å². The molecule has 0 bridgehead atoms. The number of benzene rings is 2. The normalized spacial score (nSPS) is 12.2. The number of nitrogens with two attached hydrogens (primary N) is 1. The van der Waals surface area contributed by atoms with E-state index in [1.54, 1.807) is 18.2 Å². The molecule has 2 aromatic rings. The van der Waals surface area contributed by atoms with E-state index >= 15 is 0 Å². The average Bonchev–Trinajstić information content (AvgIpc) is 2.44. The highest BCUT2D eigenvalue weighted by Gasteiger charge is 2.17. The number of halogens is 3. The summed E-state index contributed by atoms with van der Waals surface area (Å²) >= 11 is 5.68. The van der Waals surface area contributed by atoms with Gasteiger partial charge in [-0.1, -0.05) is 17.7 Å². The van der Waals surface area contributed by atoms with Crippen LogP contribution in [0.2, 0.25) is 5.02 Å². The molecule has 0 aromatic heterocycles. The number of rotatable bonds is 4. The summed E-state index contributed by atoms with van der Waals surface area (Å²) in [6.07, 6.45) is 0. The Labute approximate surface area is 121 Å². The van der Waals surface area contributed by atoms with Crippen LogP contribution in [-0.2, 0) is 0 Å². The molecule has 2 N–H and O–H groups in total. The largest absolute Gasteiger partial charge is 0.366 e. The number of hydrogen-bond donors (Lipinski definition) is 1. The lowest BCUT2D eigenvalue weighted by Gasteiger charge is -2.29. The zero-order valence-corrected chi connectivity index (χ0v) is 11.7. The summed E-state index contributed by atoms with van der Waals surface area (Å²) in [6, 6.07) is 10.5. The molecule has 0 saturated carbocycles. The molecule has 2 aromatic carbocycles. The first-order valence-electron chi connectivity index (χ1n) is 6.16. The first-order valence-corrected chi connectivity index (χ1v) is 6.54. The minimum Gasteiger partial charge on any atom is -0.366 e. The van der Waals surface area contributed by atoms with E-state index in [1.807, 2.05) is 11.9 Å². The Balaban J connectivity index is 2.31. The van der Waals surface area contributed by atoms with Gasteiger partial charge in [0.25, 0.3) is 0 Å². The third kappa shape index (κ3) is 3.08. The first kappa shape index (κ1) is 14.8. The number of anilines is 1. The van der Waals surface area contributed by atoms with E-state index in [0.717, 1.165) is 11.3 Å². The summed E-state index contributed by atoms with van der Waals surface area (Å²) in [5.74, 6) is -0.779. The summed E-state index contributed by atoms with van der Waals surface area (Å²) in [5.41, 5.74) is 7.32. The molecule has 106 valence electrons. The average molecular weight is 297 g/mol. The van der Waals surface area contributed by atoms with Crippen molar-refractivity contribution in [3.8, 4) is 0 Å². The van der Waals surface area contributed by atoms with Crippen molar-refractivity contribution < 1.29 is 8.78 Å². The van der Waals surface area contributed by atoms with E-state index in [9.17, 15) is 8.78 Å². The van der Waals surface area contributed by atoms with E-state index in [2.05, 4.69) is 0 Å². The molecule has 5 heteroatoms. The topological polar surface area (TPSA) is 29.3 Å². The quantitative estimate of drug-likeness (QED) is 0.931. The van der Waals surface area contributed by atoms with Gasteiger partial charge in [-0.3, -0.25) is 0 Å². The van der Waals surface area contributed by atoms with E-state index in [0.29, 0.717) is 6.54 Å². The molecule has 2 rings (SSSR count). The number of hydrogen-bond acceptors (Lipinski definition) is 2. The Bertz CT molecular complexity index is 587. The zero-order chi connectivity index (χ0) is 14.7. The minimum absolute atomic E-state index is 0.0777. The highest BCUT2D eigenvalue weighted by Crippen LogP contribution is 2.27. The number of nitrogens with zero attached hydrogens (tertiary/aromatic N) is 1. The fourth-order valence-corrected chi connectivity index (χ4v) is 2.21. The molecule has 0 aliphatic rings. The van der Waals surface area contributed by atoms with Crippen LogP contribution in [0.4, 0.5) is 14.5 Å². The van der Waals surface area contributed by atoms with Crippen molar-refractivity contribution in [1.29, 1.82) is 0 Å². The third-order valence-corrected chi connectivity index (χ3v) is 3.56. The Kier molecular flexibility index (Phi) is 4.57. The van der Waals surface area contributed by atoms with Gasteiger partial charge in [0.05, 0.1) is 11.1 Å². The van der Waals surface area contributed by atoms with Gasteiger partial charge in [-0.15, -0.1) is 0 Å². The van der Waals surface area contributed by atoms with Crippen molar-refractivity contribution in [3.63, 3.8) is 0 Å². The lowest BCUT2D eigenvalue weighted by Crippen LogP contribution is -2.30. The van der Waals surface area contributed by atoms with Crippen LogP contribution in [-0.4, -0.2) is 13.6 Å². The molecule has 0 saturated heterocycles. The van der Waals surface area contributed by atoms with Crippen molar-refractivity contribution in [2.75, 3.05) is 18.5 Å². The van der Waals surface area contributed by atoms with Crippen LogP contribution in [0.5, 0.6) is 0 Å². The second-order valence-corrected chi connectivity index (χ2v) is 4.92. The van der Waals surface area contributed by atoms with Crippen LogP contribution in [0, 0.1) is 11.6 Å². The van der Waals surface area contributed by atoms with Crippen LogP contribution in [0.3, 0.4) is 0 Å². The zero-order valence-electron chi connectivity index (χ0n) is 11.0. The van der Waals surface area contributed by atoms with Crippen molar-refractivity contribution in [2.24, 2.45) is 5.73 Å². The Morgan fingerprint density at radius 2 is 1.80 bits per heavy atom. The molecule has 0 radical (unpaired) electrons. The Morgan fingerprint density at radius 3 is 2.35 bits per heavy atom. The van der Waals surface area contributed by atoms with Crippen molar-refractivity contribution >= 4 is 17.3 Å². The van der Waals surface area contributed by atoms with E-state index in [1.165, 1.54) is 24.3 Å². The summed E-state index contributed by atoms with van der Waals surface area (Å²) < 4.78 is 26.5. The van der Waals surface area contributed by atoms with Gasteiger partial charge < -0.3 is 10.6 Å². The molecule has 0 heterocycles. The second kappa shape index (κ2) is 6.20. The van der Waals surface area contributed by atoms with Gasteiger partial charge in [-0.25, -0.2) is 8.78 Å². The van der Waals surface area contributed by atoms with E-state index < -0.39 is 5.82 Å². The maximum absolute atomic E-state index is 13.6. The molecule has 20 heavy (non-hydrogen) atoms. The fraction of sp³-hybridized carbons (Fsp3) is 0.200. The van der Waals surface area contributed by atoms with E-state index in [-0.39, 0.29) is 16.9 Å². The van der Waals surface area contributed by atoms with Crippen LogP contribution in [0.15, 0.2) is 42.5 Å². The van der Waals surface area contributed by atoms with Crippen LogP contribution >= 0.6 is 11.6 Å². The van der Waals surface area contributed by atoms with Gasteiger partial charge in [0.15, 0.2) is 0 Å². The maximum atomic E-state index is 13.6. The lowest BCUT2D eigenvalue weighted by molar-refractivity contribution is 0.614. The molecular formula is C15H15ClF2N2. The summed E-state index contributed by atoms with van der Waals surface area (Å²) in [6.45, 7) is 0.301. The SMILES string of the molecule is CN(c1ccc(F)cc1)C(CN)c1ccc(Cl)c(F)c1. The molecule has 1 unspecified atom stereocenters. The van der Waals surface area contributed by atoms with Crippen molar-refractivity contribution in [1.82, 2.24) is 0 Å². The summed E-state index contributed by atoms with van der Waals surface area (Å²) in [7, 11) is 1.83. The molecule has 0 aliphatic heterocycles. The fourth-order valence-electron chi connectivity index (χ4n) is 2.09. The smallest absolute Gasteiger partial charge is 0.142 e. The standard InChI is InChI=1S/C15H15ClF2N2/c1-20(12-5-3-11(17)4-6-12)15(9-19)10-2-7-13(16)14(18)8-10/h2-8,15H,9,19H2,1H3. The van der Waals surface area contributed by atoms with Crippen molar-refractivity contribution in [2.45, 2.75) is 6.04 Å². The van der Waals surface area contributed by atoms with Crippen LogP contribution < -0.4 is 10.6 Å². The molecule has 0 aliphatic carbocycles. The maximum Gasteiger partial charge on any atom is 0.142 e. The van der Waals surface area contributed by atoms with Crippen LogP contribution in [0.25, 0.3) is 0 Å². The number of likely N-dealkylation sites (N-methyl/N-ethyl adjacent to an activating group) is 1. The predicted molar refractivity (Wildman–Crippen MR) is 78.0 cm³/mol. The molecule has 0 spiro atoms. The second-order valence-electron chi connectivity index (χ2n) is 4.51. The molecule has 1 atom stereocenters. The molecule has 2 nitrogen and oxygen atoms in total. The molecule has 0 fully saturated rings. The van der Waals surface area contributed by atoms with Gasteiger partial charge in [-0.2, -0.15) is 0 Å². The molecule has 0 amide bonds. The minimum atomic E-state index is -0.477. The van der Waals surface area contributed by atoms with Crippen LogP contribution in [0.1, 0.15) is 11.6 Å². The Hall–Kier alpha value is -1.65. The van der Waals surface area contributed by atoms with E-state index in [4.69, 9.17) is 17.3 Å². The first-order chi connectivity index (χ1) is 9.52. The van der Waals surface area contributed by atoms with Gasteiger partial charge in [0.1, 0.15) is 11.6 Å². The summed E-state index contributed by atoms with van der Waals surface area (Å²) in [4.78, 5) is 1.88. The lowest BCUT2D eigenvalue weighted by atomic mass is 10.0. The van der Waals surface area contributed by atoms with Gasteiger partial charge in [-0.05, 0) is 42.0 Å². The highest BCUT2D eigenvalue weighted by molar-refractivity contribution is 6.30. The van der Waals surface area contributed by atoms with Gasteiger partial charge in [0.2, 0.25) is 0 Å². The predicted octanol–water partition coefficient (Wildman–Crippen LogP) is 3.75. The summed E-state index contributed by atoms with van der Waals surface area (Å²) in [5, 5.41) is 0.0777. The highest BCUT2D eigenvalue weighted by atomic mass is 35.5. The Morgan fingerprint density at radius 1 is 1.15 bits per heavy atom. The third-order valence-electron chi connectivity index (χ3n) is 3.25. The van der Waals surface area contributed by atoms with Gasteiger partial charge in [0, 0.05) is 19.3 Å². The molecular weight excluding hydrogens is 282 g/mol.